The van der Waals surface area contributed by atoms with E-state index in [1.807, 2.05) is 0 Å². The number of methoxy groups -OCH3 is 1. The van der Waals surface area contributed by atoms with Gasteiger partial charge in [0.1, 0.15) is 31.1 Å². The number of aliphatic carboxylic acids is 1. The van der Waals surface area contributed by atoms with Crippen LogP contribution in [-0.2, 0) is 65.5 Å². The minimum Gasteiger partial charge on any atom is -0.496 e. The number of esters is 6. The lowest BCUT2D eigenvalue weighted by Crippen LogP contribution is -2.30. The molecule has 15 nitrogen and oxygen atoms in total. The van der Waals surface area contributed by atoms with E-state index in [9.17, 15) is 33.6 Å². The monoisotopic (exact) mass is 664 g/mol. The van der Waals surface area contributed by atoms with Gasteiger partial charge in [0.2, 0.25) is 0 Å². The van der Waals surface area contributed by atoms with Crippen molar-refractivity contribution in [2.24, 2.45) is 0 Å². The third-order valence-corrected chi connectivity index (χ3v) is 6.79. The summed E-state index contributed by atoms with van der Waals surface area (Å²) >= 11 is 0. The molecule has 258 valence electrons. The molecule has 0 aromatic heterocycles. The summed E-state index contributed by atoms with van der Waals surface area (Å²) in [5, 5.41) is 8.97. The van der Waals surface area contributed by atoms with Crippen molar-refractivity contribution >= 4 is 41.8 Å². The van der Waals surface area contributed by atoms with Gasteiger partial charge in [0.05, 0.1) is 26.6 Å². The molecule has 0 spiro atoms. The zero-order valence-corrected chi connectivity index (χ0v) is 27.1. The van der Waals surface area contributed by atoms with Crippen LogP contribution >= 0.6 is 0 Å². The van der Waals surface area contributed by atoms with Crippen molar-refractivity contribution in [2.75, 3.05) is 26.9 Å². The van der Waals surface area contributed by atoms with Crippen LogP contribution in [0.1, 0.15) is 86.3 Å². The van der Waals surface area contributed by atoms with Crippen molar-refractivity contribution in [3.63, 3.8) is 0 Å². The second kappa shape index (κ2) is 18.9. The van der Waals surface area contributed by atoms with Crippen LogP contribution in [0.3, 0.4) is 0 Å². The van der Waals surface area contributed by atoms with Crippen LogP contribution in [0.5, 0.6) is 11.5 Å². The lowest BCUT2D eigenvalue weighted by molar-refractivity contribution is -0.166. The van der Waals surface area contributed by atoms with Gasteiger partial charge < -0.3 is 38.3 Å². The lowest BCUT2D eigenvalue weighted by atomic mass is 9.94. The Labute approximate surface area is 271 Å². The first-order valence-electron chi connectivity index (χ1n) is 14.8. The Kier molecular flexibility index (Phi) is 15.4. The SMILES string of the molecule is COc1c(C)c2c(c(OC(=O)CCCOC(=O)CCC(=O)OC(COC(C)=O)COC(C)=O)c1C/C=C(\C)CCC(=O)O)C(=O)OC2. The lowest BCUT2D eigenvalue weighted by Gasteiger charge is -2.19. The number of cyclic esters (lactones) is 1. The molecule has 0 fully saturated rings. The Bertz CT molecular complexity index is 1370. The number of carbonyl (C=O) groups excluding carboxylic acids is 6. The minimum absolute atomic E-state index is 0.00606. The smallest absolute Gasteiger partial charge is 0.342 e. The van der Waals surface area contributed by atoms with Crippen LogP contribution < -0.4 is 9.47 Å². The molecule has 0 saturated heterocycles. The van der Waals surface area contributed by atoms with E-state index in [-0.39, 0.29) is 76.3 Å². The third-order valence-electron chi connectivity index (χ3n) is 6.79. The van der Waals surface area contributed by atoms with Crippen molar-refractivity contribution in [3.05, 3.63) is 33.9 Å². The van der Waals surface area contributed by atoms with E-state index in [4.69, 9.17) is 38.3 Å². The van der Waals surface area contributed by atoms with E-state index in [0.717, 1.165) is 19.4 Å². The molecular formula is C32H40O15. The van der Waals surface area contributed by atoms with Crippen LogP contribution in [0, 0.1) is 6.92 Å². The molecule has 0 saturated carbocycles. The average Bonchev–Trinajstić information content (AvgIpc) is 3.40. The van der Waals surface area contributed by atoms with E-state index in [1.165, 1.54) is 7.11 Å². The van der Waals surface area contributed by atoms with Crippen molar-refractivity contribution in [2.45, 2.75) is 85.4 Å². The molecular weight excluding hydrogens is 624 g/mol. The Hall–Kier alpha value is -4.95. The molecule has 47 heavy (non-hydrogen) atoms. The summed E-state index contributed by atoms with van der Waals surface area (Å²) in [5.41, 5.74) is 2.50. The first-order valence-corrected chi connectivity index (χ1v) is 14.8. The number of fused-ring (bicyclic) bond motifs is 1. The Balaban J connectivity index is 1.96. The van der Waals surface area contributed by atoms with Crippen LogP contribution in [0.2, 0.25) is 0 Å². The predicted molar refractivity (Wildman–Crippen MR) is 159 cm³/mol. The summed E-state index contributed by atoms with van der Waals surface area (Å²) in [5.74, 6) is -4.69. The third kappa shape index (κ3) is 12.8. The molecule has 0 atom stereocenters. The number of carboxylic acid groups (broad SMARTS) is 1. The number of carbonyl (C=O) groups is 7. The summed E-state index contributed by atoms with van der Waals surface area (Å²) in [7, 11) is 1.45. The zero-order valence-electron chi connectivity index (χ0n) is 27.1. The van der Waals surface area contributed by atoms with Gasteiger partial charge in [-0.3, -0.25) is 28.8 Å². The fourth-order valence-corrected chi connectivity index (χ4v) is 4.43. The predicted octanol–water partition coefficient (Wildman–Crippen LogP) is 3.07. The molecule has 1 heterocycles. The van der Waals surface area contributed by atoms with E-state index in [2.05, 4.69) is 0 Å². The molecule has 0 unspecified atom stereocenters. The second-order valence-corrected chi connectivity index (χ2v) is 10.6. The van der Waals surface area contributed by atoms with Crippen molar-refractivity contribution in [1.82, 2.24) is 0 Å². The quantitative estimate of drug-likeness (QED) is 0.0742. The molecule has 0 amide bonds. The first kappa shape index (κ1) is 38.2. The van der Waals surface area contributed by atoms with E-state index < -0.39 is 47.9 Å². The Morgan fingerprint density at radius 3 is 2.09 bits per heavy atom. The average molecular weight is 665 g/mol. The van der Waals surface area contributed by atoms with Gasteiger partial charge in [-0.2, -0.15) is 0 Å². The first-order chi connectivity index (χ1) is 22.2. The maximum absolute atomic E-state index is 12.9. The highest BCUT2D eigenvalue weighted by Gasteiger charge is 2.34. The molecule has 0 aliphatic carbocycles. The largest absolute Gasteiger partial charge is 0.496 e. The molecule has 1 N–H and O–H groups in total. The molecule has 0 bridgehead atoms. The number of hydrogen-bond acceptors (Lipinski definition) is 14. The van der Waals surface area contributed by atoms with Gasteiger partial charge in [-0.15, -0.1) is 0 Å². The topological polar surface area (TPSA) is 204 Å². The van der Waals surface area contributed by atoms with Crippen molar-refractivity contribution in [3.8, 4) is 11.5 Å². The van der Waals surface area contributed by atoms with Crippen LogP contribution in [0.25, 0.3) is 0 Å². The molecule has 1 aromatic rings. The number of allylic oxidation sites excluding steroid dienone is 2. The van der Waals surface area contributed by atoms with Crippen LogP contribution in [-0.4, -0.2) is 79.9 Å². The molecule has 0 radical (unpaired) electrons. The number of rotatable bonds is 19. The molecule has 2 rings (SSSR count). The highest BCUT2D eigenvalue weighted by molar-refractivity contribution is 5.99. The van der Waals surface area contributed by atoms with E-state index in [1.54, 1.807) is 19.9 Å². The van der Waals surface area contributed by atoms with Crippen molar-refractivity contribution < 1.29 is 71.8 Å². The molecule has 1 aliphatic heterocycles. The fourth-order valence-electron chi connectivity index (χ4n) is 4.43. The maximum atomic E-state index is 12.9. The fraction of sp³-hybridized carbons (Fsp3) is 0.531. The van der Waals surface area contributed by atoms with Gasteiger partial charge in [-0.25, -0.2) is 4.79 Å². The number of ether oxygens (including phenoxy) is 7. The van der Waals surface area contributed by atoms with Gasteiger partial charge in [0.25, 0.3) is 0 Å². The van der Waals surface area contributed by atoms with Crippen LogP contribution in [0.4, 0.5) is 0 Å². The normalized spacial score (nSPS) is 12.1. The number of hydrogen-bond donors (Lipinski definition) is 1. The summed E-state index contributed by atoms with van der Waals surface area (Å²) < 4.78 is 36.3. The standard InChI is InChI=1S/C32H40O15/c1-18(9-11-25(35)36)8-10-23-30(41-5)19(2)24-17-45-32(40)29(24)31(23)47-27(38)7-6-14-42-26(37)12-13-28(39)46-22(15-43-20(3)33)16-44-21(4)34/h8,22H,6-7,9-17H2,1-5H3,(H,35,36)/b18-8+. The Morgan fingerprint density at radius 2 is 1.49 bits per heavy atom. The summed E-state index contributed by atoms with van der Waals surface area (Å²) in [6, 6.07) is 0. The van der Waals surface area contributed by atoms with Gasteiger partial charge >= 0.3 is 41.8 Å². The summed E-state index contributed by atoms with van der Waals surface area (Å²) in [4.78, 5) is 82.8. The van der Waals surface area contributed by atoms with Gasteiger partial charge in [0.15, 0.2) is 11.9 Å². The highest BCUT2D eigenvalue weighted by Crippen LogP contribution is 2.43. The Morgan fingerprint density at radius 1 is 0.851 bits per heavy atom. The molecule has 15 heteroatoms. The van der Waals surface area contributed by atoms with Crippen LogP contribution in [0.15, 0.2) is 11.6 Å². The molecule has 1 aromatic carbocycles. The number of benzene rings is 1. The van der Waals surface area contributed by atoms with E-state index in [0.29, 0.717) is 28.9 Å². The van der Waals surface area contributed by atoms with Crippen molar-refractivity contribution in [1.29, 1.82) is 0 Å². The highest BCUT2D eigenvalue weighted by atomic mass is 16.6. The summed E-state index contributed by atoms with van der Waals surface area (Å²) in [6.45, 7) is 5.00. The van der Waals surface area contributed by atoms with Gasteiger partial charge in [-0.1, -0.05) is 11.6 Å². The van der Waals surface area contributed by atoms with Gasteiger partial charge in [0, 0.05) is 37.8 Å². The minimum atomic E-state index is -1.05. The summed E-state index contributed by atoms with van der Waals surface area (Å²) in [6.07, 6.45) is 0.362. The number of carboxylic acids is 1. The van der Waals surface area contributed by atoms with Gasteiger partial charge in [-0.05, 0) is 38.7 Å². The molecule has 1 aliphatic rings. The second-order valence-electron chi connectivity index (χ2n) is 10.6. The zero-order chi connectivity index (χ0) is 35.1. The van der Waals surface area contributed by atoms with E-state index >= 15 is 0 Å². The maximum Gasteiger partial charge on any atom is 0.342 e.